The number of anilines is 1. The molecule has 0 spiro atoms. The first kappa shape index (κ1) is 21.5. The van der Waals surface area contributed by atoms with E-state index in [1.165, 1.54) is 4.31 Å². The standard InChI is InChI=1S/C23H27N3O4S/c1-14-11-15(2)22(16(3)12-14)31(28,29)26-9-7-18(8-10-26)23(27)25-19-5-6-21-20(13-19)24-17(4)30-21/h5-6,11-13,18H,7-10H2,1-4H3,(H,25,27). The number of oxazole rings is 1. The summed E-state index contributed by atoms with van der Waals surface area (Å²) in [5.74, 6) is 0.242. The molecule has 1 aliphatic heterocycles. The Bertz CT molecular complexity index is 1230. The van der Waals surface area contributed by atoms with Gasteiger partial charge in [-0.2, -0.15) is 4.31 Å². The van der Waals surface area contributed by atoms with E-state index in [-0.39, 0.29) is 11.8 Å². The highest BCUT2D eigenvalue weighted by Crippen LogP contribution is 2.29. The Kier molecular flexibility index (Phi) is 5.61. The van der Waals surface area contributed by atoms with Gasteiger partial charge >= 0.3 is 0 Å². The highest BCUT2D eigenvalue weighted by atomic mass is 32.2. The minimum Gasteiger partial charge on any atom is -0.441 e. The Morgan fingerprint density at radius 3 is 2.35 bits per heavy atom. The maximum atomic E-state index is 13.2. The average molecular weight is 442 g/mol. The number of benzene rings is 2. The molecule has 31 heavy (non-hydrogen) atoms. The molecule has 3 aromatic rings. The van der Waals surface area contributed by atoms with Gasteiger partial charge in [-0.05, 0) is 62.9 Å². The second-order valence-electron chi connectivity index (χ2n) is 8.31. The number of rotatable bonds is 4. The van der Waals surface area contributed by atoms with Crippen LogP contribution in [-0.2, 0) is 14.8 Å². The van der Waals surface area contributed by atoms with E-state index in [4.69, 9.17) is 4.42 Å². The Balaban J connectivity index is 1.43. The summed E-state index contributed by atoms with van der Waals surface area (Å²) >= 11 is 0. The van der Waals surface area contributed by atoms with Crippen molar-refractivity contribution in [3.63, 3.8) is 0 Å². The van der Waals surface area contributed by atoms with Gasteiger partial charge in [0.25, 0.3) is 0 Å². The maximum absolute atomic E-state index is 13.2. The number of aryl methyl sites for hydroxylation is 4. The Hall–Kier alpha value is -2.71. The highest BCUT2D eigenvalue weighted by Gasteiger charge is 2.33. The molecule has 0 saturated carbocycles. The van der Waals surface area contributed by atoms with Crippen molar-refractivity contribution < 1.29 is 17.6 Å². The predicted molar refractivity (Wildman–Crippen MR) is 120 cm³/mol. The molecule has 0 atom stereocenters. The first-order valence-electron chi connectivity index (χ1n) is 10.4. The van der Waals surface area contributed by atoms with Crippen molar-refractivity contribution in [1.29, 1.82) is 0 Å². The summed E-state index contributed by atoms with van der Waals surface area (Å²) in [7, 11) is -3.59. The largest absolute Gasteiger partial charge is 0.441 e. The Morgan fingerprint density at radius 1 is 1.06 bits per heavy atom. The fourth-order valence-corrected chi connectivity index (χ4v) is 6.31. The van der Waals surface area contributed by atoms with Crippen LogP contribution in [0.5, 0.6) is 0 Å². The fourth-order valence-electron chi connectivity index (χ4n) is 4.43. The van der Waals surface area contributed by atoms with Gasteiger partial charge in [0.05, 0.1) is 4.90 Å². The van der Waals surface area contributed by atoms with Crippen molar-refractivity contribution in [2.75, 3.05) is 18.4 Å². The number of sulfonamides is 1. The van der Waals surface area contributed by atoms with E-state index in [0.717, 1.165) is 16.7 Å². The monoisotopic (exact) mass is 441 g/mol. The van der Waals surface area contributed by atoms with E-state index in [0.29, 0.717) is 53.5 Å². The highest BCUT2D eigenvalue weighted by molar-refractivity contribution is 7.89. The third kappa shape index (κ3) is 4.22. The summed E-state index contributed by atoms with van der Waals surface area (Å²) in [5.41, 5.74) is 4.59. The number of carbonyl (C=O) groups is 1. The first-order valence-corrected chi connectivity index (χ1v) is 11.9. The lowest BCUT2D eigenvalue weighted by Gasteiger charge is -2.31. The number of aromatic nitrogens is 1. The number of fused-ring (bicyclic) bond motifs is 1. The zero-order valence-corrected chi connectivity index (χ0v) is 19.0. The quantitative estimate of drug-likeness (QED) is 0.658. The van der Waals surface area contributed by atoms with E-state index >= 15 is 0 Å². The van der Waals surface area contributed by atoms with Crippen LogP contribution < -0.4 is 5.32 Å². The van der Waals surface area contributed by atoms with Crippen LogP contribution in [0.25, 0.3) is 11.1 Å². The lowest BCUT2D eigenvalue weighted by Crippen LogP contribution is -2.41. The molecule has 7 nitrogen and oxygen atoms in total. The van der Waals surface area contributed by atoms with Crippen molar-refractivity contribution in [2.45, 2.75) is 45.4 Å². The van der Waals surface area contributed by atoms with E-state index in [2.05, 4.69) is 10.3 Å². The number of amides is 1. The van der Waals surface area contributed by atoms with Crippen LogP contribution in [-0.4, -0.2) is 36.7 Å². The zero-order valence-electron chi connectivity index (χ0n) is 18.2. The first-order chi connectivity index (χ1) is 14.6. The second-order valence-corrected chi connectivity index (χ2v) is 10.2. The molecule has 0 aliphatic carbocycles. The van der Waals surface area contributed by atoms with Gasteiger partial charge in [0.1, 0.15) is 5.52 Å². The lowest BCUT2D eigenvalue weighted by atomic mass is 9.97. The van der Waals surface area contributed by atoms with Crippen molar-refractivity contribution in [3.05, 3.63) is 52.9 Å². The molecule has 164 valence electrons. The number of nitrogens with one attached hydrogen (secondary N) is 1. The summed E-state index contributed by atoms with van der Waals surface area (Å²) in [6.45, 7) is 8.06. The van der Waals surface area contributed by atoms with Gasteiger partial charge in [0, 0.05) is 31.6 Å². The third-order valence-electron chi connectivity index (χ3n) is 5.79. The maximum Gasteiger partial charge on any atom is 0.243 e. The molecule has 1 N–H and O–H groups in total. The van der Waals surface area contributed by atoms with Gasteiger partial charge in [-0.3, -0.25) is 4.79 Å². The summed E-state index contributed by atoms with van der Waals surface area (Å²) in [5, 5.41) is 2.93. The van der Waals surface area contributed by atoms with E-state index < -0.39 is 10.0 Å². The number of carbonyl (C=O) groups excluding carboxylic acids is 1. The minimum atomic E-state index is -3.59. The van der Waals surface area contributed by atoms with Crippen LogP contribution in [0.2, 0.25) is 0 Å². The van der Waals surface area contributed by atoms with Gasteiger partial charge in [0.15, 0.2) is 11.5 Å². The number of piperidine rings is 1. The van der Waals surface area contributed by atoms with Crippen LogP contribution in [0.4, 0.5) is 5.69 Å². The number of nitrogens with zero attached hydrogens (tertiary/aromatic N) is 2. The van der Waals surface area contributed by atoms with E-state index in [1.807, 2.05) is 32.9 Å². The molecular formula is C23H27N3O4S. The van der Waals surface area contributed by atoms with Gasteiger partial charge in [-0.15, -0.1) is 0 Å². The van der Waals surface area contributed by atoms with Gasteiger partial charge < -0.3 is 9.73 Å². The molecule has 0 radical (unpaired) electrons. The van der Waals surface area contributed by atoms with Crippen LogP contribution >= 0.6 is 0 Å². The normalized spacial score (nSPS) is 16.0. The van der Waals surface area contributed by atoms with Gasteiger partial charge in [-0.1, -0.05) is 17.7 Å². The van der Waals surface area contributed by atoms with E-state index in [9.17, 15) is 13.2 Å². The SMILES string of the molecule is Cc1cc(C)c(S(=O)(=O)N2CCC(C(=O)Nc3ccc4oc(C)nc4c3)CC2)c(C)c1. The topological polar surface area (TPSA) is 92.5 Å². The third-order valence-corrected chi connectivity index (χ3v) is 7.99. The molecule has 0 unspecified atom stereocenters. The Labute approximate surface area is 182 Å². The van der Waals surface area contributed by atoms with Crippen molar-refractivity contribution in [3.8, 4) is 0 Å². The molecule has 1 aliphatic rings. The van der Waals surface area contributed by atoms with Crippen LogP contribution in [0.1, 0.15) is 35.4 Å². The van der Waals surface area contributed by atoms with Crippen molar-refractivity contribution >= 4 is 32.7 Å². The molecule has 1 saturated heterocycles. The van der Waals surface area contributed by atoms with Crippen molar-refractivity contribution in [1.82, 2.24) is 9.29 Å². The minimum absolute atomic E-state index is 0.0979. The lowest BCUT2D eigenvalue weighted by molar-refractivity contribution is -0.120. The molecular weight excluding hydrogens is 414 g/mol. The predicted octanol–water partition coefficient (Wildman–Crippen LogP) is 4.10. The van der Waals surface area contributed by atoms with Crippen LogP contribution in [0.3, 0.4) is 0 Å². The average Bonchev–Trinajstić information content (AvgIpc) is 3.06. The molecule has 1 aromatic heterocycles. The molecule has 2 heterocycles. The summed E-state index contributed by atoms with van der Waals surface area (Å²) in [6.07, 6.45) is 0.973. The molecule has 8 heteroatoms. The molecule has 1 fully saturated rings. The molecule has 4 rings (SSSR count). The van der Waals surface area contributed by atoms with Crippen LogP contribution in [0, 0.1) is 33.6 Å². The molecule has 2 aromatic carbocycles. The molecule has 1 amide bonds. The Morgan fingerprint density at radius 2 is 1.71 bits per heavy atom. The zero-order chi connectivity index (χ0) is 22.3. The number of hydrogen-bond donors (Lipinski definition) is 1. The summed E-state index contributed by atoms with van der Waals surface area (Å²) in [6, 6.07) is 9.15. The summed E-state index contributed by atoms with van der Waals surface area (Å²) < 4.78 is 33.5. The van der Waals surface area contributed by atoms with Crippen molar-refractivity contribution in [2.24, 2.45) is 5.92 Å². The van der Waals surface area contributed by atoms with E-state index in [1.54, 1.807) is 25.1 Å². The number of hydrogen-bond acceptors (Lipinski definition) is 5. The smallest absolute Gasteiger partial charge is 0.243 e. The fraction of sp³-hybridized carbons (Fsp3) is 0.391. The second kappa shape index (κ2) is 8.09. The molecule has 0 bridgehead atoms. The summed E-state index contributed by atoms with van der Waals surface area (Å²) in [4.78, 5) is 17.4. The van der Waals surface area contributed by atoms with Gasteiger partial charge in [0.2, 0.25) is 15.9 Å². The van der Waals surface area contributed by atoms with Crippen LogP contribution in [0.15, 0.2) is 39.6 Å². The van der Waals surface area contributed by atoms with Gasteiger partial charge in [-0.25, -0.2) is 13.4 Å².